The quantitative estimate of drug-likeness (QED) is 0.644. The molecule has 2 heterocycles. The lowest BCUT2D eigenvalue weighted by molar-refractivity contribution is 0.468. The zero-order chi connectivity index (χ0) is 21.5. The maximum absolute atomic E-state index is 13.4. The molecule has 0 radical (unpaired) electrons. The maximum atomic E-state index is 13.4. The largest absolute Gasteiger partial charge is 0.380 e. The van der Waals surface area contributed by atoms with Crippen LogP contribution in [-0.2, 0) is 17.1 Å². The molecule has 1 N–H and O–H groups in total. The van der Waals surface area contributed by atoms with Gasteiger partial charge in [-0.05, 0) is 48.4 Å². The molecule has 6 nitrogen and oxygen atoms in total. The third-order valence-corrected chi connectivity index (χ3v) is 7.52. The first-order valence-electron chi connectivity index (χ1n) is 9.50. The predicted octanol–water partition coefficient (Wildman–Crippen LogP) is 3.79. The molecule has 1 saturated heterocycles. The Labute approximate surface area is 180 Å². The maximum Gasteiger partial charge on any atom is 0.262 e. The Kier molecular flexibility index (Phi) is 5.57. The van der Waals surface area contributed by atoms with Crippen LogP contribution in [0.1, 0.15) is 17.0 Å². The first-order chi connectivity index (χ1) is 14.2. The number of sulfonamides is 1. The van der Waals surface area contributed by atoms with Crippen molar-refractivity contribution in [2.24, 2.45) is 7.05 Å². The molecule has 1 aromatic heterocycles. The average Bonchev–Trinajstić information content (AvgIpc) is 3.33. The van der Waals surface area contributed by atoms with Crippen LogP contribution in [0.25, 0.3) is 0 Å². The number of hydrogen-bond acceptors (Lipinski definition) is 4. The molecule has 30 heavy (non-hydrogen) atoms. The van der Waals surface area contributed by atoms with Gasteiger partial charge >= 0.3 is 0 Å². The van der Waals surface area contributed by atoms with Crippen molar-refractivity contribution >= 4 is 27.3 Å². The predicted molar refractivity (Wildman–Crippen MR) is 115 cm³/mol. The van der Waals surface area contributed by atoms with Crippen molar-refractivity contribution in [3.05, 3.63) is 77.0 Å². The van der Waals surface area contributed by atoms with E-state index in [0.717, 1.165) is 16.8 Å². The Morgan fingerprint density at radius 2 is 1.90 bits per heavy atom. The van der Waals surface area contributed by atoms with Crippen LogP contribution < -0.4 is 5.32 Å². The normalized spacial score (nSPS) is 19.9. The molecule has 158 valence electrons. The third kappa shape index (κ3) is 4.08. The van der Waals surface area contributed by atoms with Crippen LogP contribution >= 0.6 is 11.6 Å². The highest BCUT2D eigenvalue weighted by Crippen LogP contribution is 2.33. The van der Waals surface area contributed by atoms with E-state index in [-0.39, 0.29) is 35.9 Å². The molecule has 1 fully saturated rings. The SMILES string of the molecule is Cc1cc(N[C@H]2CN(S(=O)(=O)c3cn(C)cn3)C[C@@H]2c2ccc(F)cc2)ccc1Cl. The van der Waals surface area contributed by atoms with Gasteiger partial charge in [-0.25, -0.2) is 17.8 Å². The lowest BCUT2D eigenvalue weighted by atomic mass is 9.94. The second-order valence-electron chi connectivity index (χ2n) is 7.57. The van der Waals surface area contributed by atoms with E-state index in [1.807, 2.05) is 25.1 Å². The number of aromatic nitrogens is 2. The molecular weight excluding hydrogens is 427 g/mol. The fraction of sp³-hybridized carbons (Fsp3) is 0.286. The van der Waals surface area contributed by atoms with Gasteiger partial charge in [-0.15, -0.1) is 0 Å². The summed E-state index contributed by atoms with van der Waals surface area (Å²) in [5.41, 5.74) is 2.65. The fourth-order valence-electron chi connectivity index (χ4n) is 3.76. The monoisotopic (exact) mass is 448 g/mol. The van der Waals surface area contributed by atoms with Crippen LogP contribution in [0.3, 0.4) is 0 Å². The number of benzene rings is 2. The lowest BCUT2D eigenvalue weighted by Gasteiger charge is -2.21. The number of imidazole rings is 1. The second-order valence-corrected chi connectivity index (χ2v) is 9.86. The topological polar surface area (TPSA) is 67.2 Å². The molecule has 4 rings (SSSR count). The minimum absolute atomic E-state index is 0.0193. The molecule has 2 aromatic carbocycles. The van der Waals surface area contributed by atoms with Gasteiger partial charge in [0.1, 0.15) is 5.82 Å². The highest BCUT2D eigenvalue weighted by Gasteiger charge is 2.41. The first-order valence-corrected chi connectivity index (χ1v) is 11.3. The molecule has 1 aliphatic rings. The van der Waals surface area contributed by atoms with Crippen molar-refractivity contribution in [1.29, 1.82) is 0 Å². The van der Waals surface area contributed by atoms with Gasteiger partial charge < -0.3 is 9.88 Å². The number of halogens is 2. The van der Waals surface area contributed by atoms with Crippen LogP contribution in [0.2, 0.25) is 5.02 Å². The third-order valence-electron chi connectivity index (χ3n) is 5.38. The molecule has 2 atom stereocenters. The van der Waals surface area contributed by atoms with Gasteiger partial charge in [0.25, 0.3) is 10.0 Å². The molecule has 0 bridgehead atoms. The Bertz CT molecular complexity index is 1160. The van der Waals surface area contributed by atoms with Crippen LogP contribution in [-0.4, -0.2) is 41.4 Å². The summed E-state index contributed by atoms with van der Waals surface area (Å²) in [5.74, 6) is -0.479. The van der Waals surface area contributed by atoms with E-state index >= 15 is 0 Å². The number of anilines is 1. The average molecular weight is 449 g/mol. The van der Waals surface area contributed by atoms with Crippen molar-refractivity contribution in [2.45, 2.75) is 23.9 Å². The van der Waals surface area contributed by atoms with E-state index in [9.17, 15) is 12.8 Å². The van der Waals surface area contributed by atoms with Gasteiger partial charge in [-0.1, -0.05) is 23.7 Å². The summed E-state index contributed by atoms with van der Waals surface area (Å²) in [6.45, 7) is 2.45. The van der Waals surface area contributed by atoms with E-state index in [4.69, 9.17) is 11.6 Å². The minimum Gasteiger partial charge on any atom is -0.380 e. The highest BCUT2D eigenvalue weighted by molar-refractivity contribution is 7.89. The Morgan fingerprint density at radius 1 is 1.17 bits per heavy atom. The summed E-state index contributed by atoms with van der Waals surface area (Å²) in [6, 6.07) is 11.6. The zero-order valence-electron chi connectivity index (χ0n) is 16.6. The first kappa shape index (κ1) is 20.8. The number of nitrogens with one attached hydrogen (secondary N) is 1. The van der Waals surface area contributed by atoms with E-state index in [1.165, 1.54) is 29.0 Å². The van der Waals surface area contributed by atoms with Gasteiger partial charge in [-0.2, -0.15) is 4.31 Å². The van der Waals surface area contributed by atoms with Gasteiger partial charge in [0.05, 0.1) is 6.33 Å². The summed E-state index contributed by atoms with van der Waals surface area (Å²) in [4.78, 5) is 4.02. The summed E-state index contributed by atoms with van der Waals surface area (Å²) in [6.07, 6.45) is 2.96. The molecule has 3 aromatic rings. The smallest absolute Gasteiger partial charge is 0.262 e. The van der Waals surface area contributed by atoms with E-state index in [0.29, 0.717) is 5.02 Å². The molecule has 0 spiro atoms. The summed E-state index contributed by atoms with van der Waals surface area (Å²) >= 11 is 6.13. The van der Waals surface area contributed by atoms with Crippen molar-refractivity contribution in [3.63, 3.8) is 0 Å². The number of rotatable bonds is 5. The summed E-state index contributed by atoms with van der Waals surface area (Å²) < 4.78 is 42.7. The van der Waals surface area contributed by atoms with Gasteiger partial charge in [0, 0.05) is 49.0 Å². The molecule has 0 aliphatic carbocycles. The van der Waals surface area contributed by atoms with E-state index < -0.39 is 10.0 Å². The minimum atomic E-state index is -3.74. The fourth-order valence-corrected chi connectivity index (χ4v) is 5.34. The molecular formula is C21H22ClFN4O2S. The molecule has 0 saturated carbocycles. The Morgan fingerprint density at radius 3 is 2.53 bits per heavy atom. The van der Waals surface area contributed by atoms with Gasteiger partial charge in [0.2, 0.25) is 0 Å². The summed E-state index contributed by atoms with van der Waals surface area (Å²) in [7, 11) is -2.01. The zero-order valence-corrected chi connectivity index (χ0v) is 18.2. The van der Waals surface area contributed by atoms with Crippen LogP contribution in [0, 0.1) is 12.7 Å². The molecule has 0 unspecified atom stereocenters. The van der Waals surface area contributed by atoms with Crippen LogP contribution in [0.5, 0.6) is 0 Å². The Balaban J connectivity index is 1.66. The summed E-state index contributed by atoms with van der Waals surface area (Å²) in [5, 5.41) is 4.13. The second kappa shape index (κ2) is 8.02. The standard InChI is InChI=1S/C21H22ClFN4O2S/c1-14-9-17(7-8-19(14)22)25-20-11-27(30(28,29)21-12-26(2)13-24-21)10-18(20)15-3-5-16(23)6-4-15/h3-9,12-13,18,20,25H,10-11H2,1-2H3/t18-,20+/m1/s1. The molecule has 9 heteroatoms. The van der Waals surface area contributed by atoms with Gasteiger partial charge in [-0.3, -0.25) is 0 Å². The van der Waals surface area contributed by atoms with Crippen LogP contribution in [0.15, 0.2) is 60.0 Å². The van der Waals surface area contributed by atoms with Gasteiger partial charge in [0.15, 0.2) is 5.03 Å². The van der Waals surface area contributed by atoms with Crippen molar-refractivity contribution in [3.8, 4) is 0 Å². The van der Waals surface area contributed by atoms with E-state index in [2.05, 4.69) is 10.3 Å². The number of hydrogen-bond donors (Lipinski definition) is 1. The van der Waals surface area contributed by atoms with Crippen molar-refractivity contribution < 1.29 is 12.8 Å². The van der Waals surface area contributed by atoms with E-state index in [1.54, 1.807) is 23.7 Å². The Hall–Kier alpha value is -2.42. The number of aryl methyl sites for hydroxylation is 2. The highest BCUT2D eigenvalue weighted by atomic mass is 35.5. The van der Waals surface area contributed by atoms with Crippen LogP contribution in [0.4, 0.5) is 10.1 Å². The van der Waals surface area contributed by atoms with Crippen molar-refractivity contribution in [2.75, 3.05) is 18.4 Å². The molecule has 0 amide bonds. The van der Waals surface area contributed by atoms with Crippen molar-refractivity contribution in [1.82, 2.24) is 13.9 Å². The molecule has 1 aliphatic heterocycles. The lowest BCUT2D eigenvalue weighted by Crippen LogP contribution is -2.32. The number of nitrogens with zero attached hydrogens (tertiary/aromatic N) is 3.